The van der Waals surface area contributed by atoms with Gasteiger partial charge in [0.2, 0.25) is 0 Å². The smallest absolute Gasteiger partial charge is 0.0353 e. The van der Waals surface area contributed by atoms with Crippen LogP contribution in [0.1, 0.15) is 0 Å². The van der Waals surface area contributed by atoms with E-state index in [4.69, 9.17) is 0 Å². The number of hydrogen-bond acceptors (Lipinski definition) is 2. The molecule has 0 bridgehead atoms. The minimum atomic E-state index is 1.17. The molecule has 0 spiro atoms. The molecule has 0 aliphatic heterocycles. The van der Waals surface area contributed by atoms with Crippen molar-refractivity contribution in [3.63, 3.8) is 0 Å². The zero-order valence-electron chi connectivity index (χ0n) is 43.1. The molecule has 0 aliphatic rings. The molecule has 0 amide bonds. The lowest BCUT2D eigenvalue weighted by atomic mass is 9.90. The molecule has 0 N–H and O–H groups in total. The number of rotatable bonds is 2. The van der Waals surface area contributed by atoms with E-state index >= 15 is 0 Å². The molecule has 0 unspecified atom stereocenters. The van der Waals surface area contributed by atoms with Gasteiger partial charge >= 0.3 is 0 Å². The highest BCUT2D eigenvalue weighted by Gasteiger charge is 2.24. The molecule has 2 heterocycles. The number of hydrogen-bond donors (Lipinski definition) is 0. The molecule has 0 saturated carbocycles. The van der Waals surface area contributed by atoms with E-state index in [2.05, 4.69) is 240 Å². The monoisotopic (exact) mass is 1010 g/mol. The lowest BCUT2D eigenvalue weighted by Gasteiger charge is -2.13. The van der Waals surface area contributed by atoms with E-state index in [0.29, 0.717) is 0 Å². The topological polar surface area (TPSA) is 25.8 Å². The quantitative estimate of drug-likeness (QED) is 0.161. The van der Waals surface area contributed by atoms with Gasteiger partial charge in [0.1, 0.15) is 0 Å². The molecule has 2 heteroatoms. The van der Waals surface area contributed by atoms with Crippen LogP contribution in [0.3, 0.4) is 0 Å². The first-order chi connectivity index (χ1) is 39.7. The van der Waals surface area contributed by atoms with Crippen LogP contribution in [0.15, 0.2) is 255 Å². The van der Waals surface area contributed by atoms with Gasteiger partial charge in [-0.2, -0.15) is 0 Å². The van der Waals surface area contributed by atoms with Crippen LogP contribution in [0.2, 0.25) is 0 Å². The Morgan fingerprint density at radius 1 is 0.163 bits per heavy atom. The fourth-order valence-electron chi connectivity index (χ4n) is 15.1. The first-order valence-corrected chi connectivity index (χ1v) is 27.8. The molecule has 0 radical (unpaired) electrons. The van der Waals surface area contributed by atoms with Crippen molar-refractivity contribution in [1.82, 2.24) is 9.97 Å². The van der Waals surface area contributed by atoms with Crippen LogP contribution in [0, 0.1) is 0 Å². The summed E-state index contributed by atoms with van der Waals surface area (Å²) in [6.07, 6.45) is 7.99. The molecule has 0 aliphatic carbocycles. The molecule has 20 rings (SSSR count). The number of nitrogens with zero attached hydrogens (tertiary/aromatic N) is 2. The largest absolute Gasteiger partial charge is 0.263 e. The van der Waals surface area contributed by atoms with Gasteiger partial charge in [0, 0.05) is 46.7 Å². The minimum Gasteiger partial charge on any atom is -0.263 e. The van der Waals surface area contributed by atoms with Crippen molar-refractivity contribution in [2.45, 2.75) is 0 Å². The Morgan fingerprint density at radius 3 is 0.963 bits per heavy atom. The summed E-state index contributed by atoms with van der Waals surface area (Å²) in [6, 6.07) is 85.7. The van der Waals surface area contributed by atoms with Crippen LogP contribution in [0.4, 0.5) is 0 Å². The van der Waals surface area contributed by atoms with Gasteiger partial charge in [-0.3, -0.25) is 9.97 Å². The normalized spacial score (nSPS) is 12.5. The third-order valence-corrected chi connectivity index (χ3v) is 18.4. The van der Waals surface area contributed by atoms with E-state index in [1.54, 1.807) is 0 Å². The summed E-state index contributed by atoms with van der Waals surface area (Å²) >= 11 is 0. The highest BCUT2D eigenvalue weighted by atomic mass is 14.6. The van der Waals surface area contributed by atoms with Crippen molar-refractivity contribution in [3.05, 3.63) is 255 Å². The molecular weight excluding hydrogens is 965 g/mol. The fourth-order valence-corrected chi connectivity index (χ4v) is 15.1. The summed E-state index contributed by atoms with van der Waals surface area (Å²) < 4.78 is 0. The molecular formula is C78H42N2. The van der Waals surface area contributed by atoms with Crippen LogP contribution in [0.25, 0.3) is 195 Å². The Hall–Kier alpha value is -10.5. The lowest BCUT2D eigenvalue weighted by Crippen LogP contribution is -1.87. The van der Waals surface area contributed by atoms with Gasteiger partial charge < -0.3 is 0 Å². The second kappa shape index (κ2) is 15.6. The van der Waals surface area contributed by atoms with E-state index < -0.39 is 0 Å². The second-order valence-electron chi connectivity index (χ2n) is 22.2. The van der Waals surface area contributed by atoms with Crippen LogP contribution in [0.5, 0.6) is 0 Å². The van der Waals surface area contributed by atoms with Crippen molar-refractivity contribution < 1.29 is 0 Å². The van der Waals surface area contributed by atoms with Crippen molar-refractivity contribution in [1.29, 1.82) is 0 Å². The number of benzene rings is 14. The average molecular weight is 1010 g/mol. The zero-order chi connectivity index (χ0) is 51.9. The SMILES string of the molecule is c1ccc2c(-c3cc4c5ccccc5c5cc6c(cc7c8ccccc8c8cccc6c87)c(c3)c45)cncc2c1.c1ccc2c(-c3ccc4c5cc6c7ccccc7c7cccc(c5cc5c8ccccc8c3c45)c76)cncc2c1. The predicted molar refractivity (Wildman–Crippen MR) is 344 cm³/mol. The lowest BCUT2D eigenvalue weighted by molar-refractivity contribution is 1.36. The van der Waals surface area contributed by atoms with Crippen LogP contribution < -0.4 is 0 Å². The first kappa shape index (κ1) is 42.6. The summed E-state index contributed by atoms with van der Waals surface area (Å²) in [4.78, 5) is 9.30. The number of fused-ring (bicyclic) bond motifs is 20. The highest BCUT2D eigenvalue weighted by molar-refractivity contribution is 6.44. The maximum atomic E-state index is 4.65. The Balaban J connectivity index is 0.000000120. The van der Waals surface area contributed by atoms with Crippen LogP contribution in [-0.4, -0.2) is 9.97 Å². The zero-order valence-corrected chi connectivity index (χ0v) is 43.1. The number of aromatic nitrogens is 2. The van der Waals surface area contributed by atoms with Crippen LogP contribution in [-0.2, 0) is 0 Å². The molecule has 0 saturated heterocycles. The van der Waals surface area contributed by atoms with Gasteiger partial charge in [0.15, 0.2) is 0 Å². The molecule has 18 aromatic carbocycles. The first-order valence-electron chi connectivity index (χ1n) is 27.8. The molecule has 0 fully saturated rings. The van der Waals surface area contributed by atoms with Gasteiger partial charge in [-0.1, -0.05) is 194 Å². The van der Waals surface area contributed by atoms with Crippen LogP contribution >= 0.6 is 0 Å². The third kappa shape index (κ3) is 5.51. The van der Waals surface area contributed by atoms with E-state index in [1.165, 1.54) is 195 Å². The van der Waals surface area contributed by atoms with Crippen molar-refractivity contribution in [2.24, 2.45) is 0 Å². The van der Waals surface area contributed by atoms with E-state index in [1.807, 2.05) is 24.8 Å². The second-order valence-corrected chi connectivity index (χ2v) is 22.2. The van der Waals surface area contributed by atoms with Gasteiger partial charge in [0.25, 0.3) is 0 Å². The van der Waals surface area contributed by atoms with Crippen molar-refractivity contribution in [3.8, 4) is 22.3 Å². The molecule has 20 aromatic rings. The molecule has 2 nitrogen and oxygen atoms in total. The molecule has 2 aromatic heterocycles. The summed E-state index contributed by atoms with van der Waals surface area (Å²) in [5.74, 6) is 0. The summed E-state index contributed by atoms with van der Waals surface area (Å²) in [5, 5.41) is 42.2. The van der Waals surface area contributed by atoms with Crippen molar-refractivity contribution >= 4 is 172 Å². The maximum absolute atomic E-state index is 4.65. The fraction of sp³-hybridized carbons (Fsp3) is 0. The van der Waals surface area contributed by atoms with Crippen molar-refractivity contribution in [2.75, 3.05) is 0 Å². The number of pyridine rings is 2. The van der Waals surface area contributed by atoms with Gasteiger partial charge in [0.05, 0.1) is 0 Å². The standard InChI is InChI=1S/2C39H21N/c1-2-9-24-22(8-1)20-40-21-37(24)23-16-33-27-12-5-6-13-28(27)36-18-31-30-15-7-14-29-25-10-3-4-11-26(25)35(38(29)30)19-32(31)34(17-23)39(33)36;1-2-9-23-22(8-1)20-40-21-36(23)31-17-16-30-33-18-34-25-11-4-3-10-24(25)27-14-7-15-29(37(27)34)32(33)19-35-26-12-5-6-13-28(26)38(31)39(30)35/h2*1-21H. The Morgan fingerprint density at radius 2 is 0.463 bits per heavy atom. The van der Waals surface area contributed by atoms with Gasteiger partial charge in [-0.05, 0) is 209 Å². The maximum Gasteiger partial charge on any atom is 0.0353 e. The Kier molecular flexibility index (Phi) is 8.28. The molecule has 364 valence electrons. The summed E-state index contributed by atoms with van der Waals surface area (Å²) in [5.41, 5.74) is 4.83. The Labute approximate surface area is 457 Å². The van der Waals surface area contributed by atoms with E-state index in [0.717, 1.165) is 0 Å². The predicted octanol–water partition coefficient (Wildman–Crippen LogP) is 21.7. The van der Waals surface area contributed by atoms with E-state index in [-0.39, 0.29) is 0 Å². The average Bonchev–Trinajstić information content (AvgIpc) is 4.38. The molecule has 0 atom stereocenters. The molecule has 80 heavy (non-hydrogen) atoms. The highest BCUT2D eigenvalue weighted by Crippen LogP contribution is 2.52. The summed E-state index contributed by atoms with van der Waals surface area (Å²) in [7, 11) is 0. The van der Waals surface area contributed by atoms with Gasteiger partial charge in [-0.15, -0.1) is 0 Å². The third-order valence-electron chi connectivity index (χ3n) is 18.4. The van der Waals surface area contributed by atoms with E-state index in [9.17, 15) is 0 Å². The minimum absolute atomic E-state index is 1.17. The van der Waals surface area contributed by atoms with Gasteiger partial charge in [-0.25, -0.2) is 0 Å². The Bertz CT molecular complexity index is 6020. The summed E-state index contributed by atoms with van der Waals surface area (Å²) in [6.45, 7) is 0.